The van der Waals surface area contributed by atoms with Crippen molar-refractivity contribution in [2.45, 2.75) is 25.5 Å². The van der Waals surface area contributed by atoms with E-state index in [4.69, 9.17) is 4.74 Å². The fourth-order valence-electron chi connectivity index (χ4n) is 2.75. The predicted octanol–water partition coefficient (Wildman–Crippen LogP) is 1.48. The van der Waals surface area contributed by atoms with Crippen molar-refractivity contribution in [3.63, 3.8) is 0 Å². The molecular formula is C14H13N3O3S. The molecule has 0 amide bonds. The van der Waals surface area contributed by atoms with Gasteiger partial charge in [0.05, 0.1) is 18.2 Å². The van der Waals surface area contributed by atoms with E-state index >= 15 is 0 Å². The standard InChI is InChI=1S/C14H13N3O3S/c18-13-11-10(9-4-1-5-15-12(9)21-11)16-14(19)17(13)7-8-3-2-6-20-8/h1,4-5,8H,2-3,6-7H2,(H,16,19). The normalized spacial score (nSPS) is 18.8. The lowest BCUT2D eigenvalue weighted by atomic mass is 10.2. The molecule has 4 rings (SSSR count). The molecular weight excluding hydrogens is 290 g/mol. The lowest BCUT2D eigenvalue weighted by Crippen LogP contribution is -2.37. The van der Waals surface area contributed by atoms with E-state index in [1.807, 2.05) is 6.07 Å². The van der Waals surface area contributed by atoms with Crippen LogP contribution in [0.15, 0.2) is 27.9 Å². The van der Waals surface area contributed by atoms with E-state index in [-0.39, 0.29) is 17.4 Å². The van der Waals surface area contributed by atoms with Gasteiger partial charge >= 0.3 is 5.69 Å². The molecule has 0 saturated carbocycles. The lowest BCUT2D eigenvalue weighted by molar-refractivity contribution is 0.0952. The minimum atomic E-state index is -0.383. The summed E-state index contributed by atoms with van der Waals surface area (Å²) in [6, 6.07) is 3.66. The fourth-order valence-corrected chi connectivity index (χ4v) is 3.80. The molecule has 1 N–H and O–H groups in total. The number of nitrogens with one attached hydrogen (secondary N) is 1. The van der Waals surface area contributed by atoms with E-state index in [1.165, 1.54) is 15.9 Å². The van der Waals surface area contributed by atoms with Crippen LogP contribution in [0.5, 0.6) is 0 Å². The molecule has 0 spiro atoms. The first-order valence-corrected chi connectivity index (χ1v) is 7.67. The van der Waals surface area contributed by atoms with Crippen molar-refractivity contribution in [2.75, 3.05) is 6.61 Å². The highest BCUT2D eigenvalue weighted by atomic mass is 32.1. The Labute approximate surface area is 123 Å². The summed E-state index contributed by atoms with van der Waals surface area (Å²) < 4.78 is 7.30. The third kappa shape index (κ3) is 2.00. The molecule has 4 heterocycles. The molecule has 0 aliphatic carbocycles. The zero-order valence-electron chi connectivity index (χ0n) is 11.2. The molecule has 1 unspecified atom stereocenters. The number of aromatic amines is 1. The summed E-state index contributed by atoms with van der Waals surface area (Å²) in [6.45, 7) is 1.01. The number of ether oxygens (including phenoxy) is 1. The number of hydrogen-bond acceptors (Lipinski definition) is 5. The zero-order chi connectivity index (χ0) is 14.4. The van der Waals surface area contributed by atoms with Crippen molar-refractivity contribution in [3.05, 3.63) is 39.2 Å². The van der Waals surface area contributed by atoms with Crippen LogP contribution in [-0.2, 0) is 11.3 Å². The number of aromatic nitrogens is 3. The summed E-state index contributed by atoms with van der Waals surface area (Å²) in [4.78, 5) is 32.6. The average Bonchev–Trinajstić information content (AvgIpc) is 3.11. The van der Waals surface area contributed by atoms with Gasteiger partial charge in [0.2, 0.25) is 0 Å². The van der Waals surface area contributed by atoms with Crippen LogP contribution in [0.4, 0.5) is 0 Å². The molecule has 7 heteroatoms. The second kappa shape index (κ2) is 4.78. The minimum Gasteiger partial charge on any atom is -0.376 e. The van der Waals surface area contributed by atoms with E-state index in [0.29, 0.717) is 23.4 Å². The summed E-state index contributed by atoms with van der Waals surface area (Å²) in [5.74, 6) is 0. The Bertz CT molecular complexity index is 934. The maximum atomic E-state index is 12.6. The molecule has 0 aromatic carbocycles. The van der Waals surface area contributed by atoms with Crippen molar-refractivity contribution in [2.24, 2.45) is 0 Å². The number of thiophene rings is 1. The molecule has 1 fully saturated rings. The van der Waals surface area contributed by atoms with E-state index in [2.05, 4.69) is 9.97 Å². The van der Waals surface area contributed by atoms with Crippen molar-refractivity contribution in [1.82, 2.24) is 14.5 Å². The molecule has 3 aromatic heterocycles. The topological polar surface area (TPSA) is 77.0 Å². The number of nitrogens with zero attached hydrogens (tertiary/aromatic N) is 2. The van der Waals surface area contributed by atoms with Crippen LogP contribution in [0.1, 0.15) is 12.8 Å². The van der Waals surface area contributed by atoms with E-state index in [9.17, 15) is 9.59 Å². The smallest absolute Gasteiger partial charge is 0.328 e. The highest BCUT2D eigenvalue weighted by molar-refractivity contribution is 7.25. The molecule has 0 radical (unpaired) electrons. The Morgan fingerprint density at radius 3 is 3.19 bits per heavy atom. The third-order valence-corrected chi connectivity index (χ3v) is 4.89. The zero-order valence-corrected chi connectivity index (χ0v) is 12.0. The molecule has 1 saturated heterocycles. The molecule has 6 nitrogen and oxygen atoms in total. The Hall–Kier alpha value is -1.99. The van der Waals surface area contributed by atoms with Crippen molar-refractivity contribution in [3.8, 4) is 0 Å². The Morgan fingerprint density at radius 2 is 2.38 bits per heavy atom. The first kappa shape index (κ1) is 12.7. The second-order valence-corrected chi connectivity index (χ2v) is 6.14. The number of hydrogen-bond donors (Lipinski definition) is 1. The van der Waals surface area contributed by atoms with Gasteiger partial charge in [-0.1, -0.05) is 0 Å². The van der Waals surface area contributed by atoms with Gasteiger partial charge in [-0.2, -0.15) is 0 Å². The van der Waals surface area contributed by atoms with Gasteiger partial charge in [-0.05, 0) is 25.0 Å². The highest BCUT2D eigenvalue weighted by Crippen LogP contribution is 2.27. The van der Waals surface area contributed by atoms with Gasteiger partial charge in [0.15, 0.2) is 0 Å². The number of H-pyrrole nitrogens is 1. The molecule has 1 atom stereocenters. The number of pyridine rings is 1. The van der Waals surface area contributed by atoms with Gasteiger partial charge in [-0.15, -0.1) is 11.3 Å². The first-order valence-electron chi connectivity index (χ1n) is 6.86. The van der Waals surface area contributed by atoms with E-state index in [0.717, 1.165) is 23.1 Å². The van der Waals surface area contributed by atoms with Gasteiger partial charge < -0.3 is 9.72 Å². The van der Waals surface area contributed by atoms with Crippen molar-refractivity contribution >= 4 is 31.8 Å². The summed E-state index contributed by atoms with van der Waals surface area (Å²) in [5.41, 5.74) is -0.0551. The van der Waals surface area contributed by atoms with Gasteiger partial charge in [0.1, 0.15) is 9.53 Å². The molecule has 108 valence electrons. The summed E-state index contributed by atoms with van der Waals surface area (Å²) >= 11 is 1.31. The Balaban J connectivity index is 1.94. The predicted molar refractivity (Wildman–Crippen MR) is 81.0 cm³/mol. The maximum Gasteiger partial charge on any atom is 0.328 e. The van der Waals surface area contributed by atoms with Gasteiger partial charge in [0.25, 0.3) is 5.56 Å². The van der Waals surface area contributed by atoms with Crippen LogP contribution in [0.3, 0.4) is 0 Å². The highest BCUT2D eigenvalue weighted by Gasteiger charge is 2.20. The third-order valence-electron chi connectivity index (χ3n) is 3.79. The van der Waals surface area contributed by atoms with Crippen molar-refractivity contribution < 1.29 is 4.74 Å². The molecule has 21 heavy (non-hydrogen) atoms. The van der Waals surface area contributed by atoms with E-state index in [1.54, 1.807) is 12.3 Å². The molecule has 3 aromatic rings. The summed E-state index contributed by atoms with van der Waals surface area (Å²) in [5, 5.41) is 0.816. The molecule has 1 aliphatic heterocycles. The quantitative estimate of drug-likeness (QED) is 0.778. The number of rotatable bonds is 2. The van der Waals surface area contributed by atoms with Crippen LogP contribution in [0, 0.1) is 0 Å². The molecule has 1 aliphatic rings. The summed E-state index contributed by atoms with van der Waals surface area (Å²) in [7, 11) is 0. The van der Waals surface area contributed by atoms with Crippen molar-refractivity contribution in [1.29, 1.82) is 0 Å². The van der Waals surface area contributed by atoms with Gasteiger partial charge in [-0.25, -0.2) is 9.78 Å². The maximum absolute atomic E-state index is 12.6. The van der Waals surface area contributed by atoms with Gasteiger partial charge in [-0.3, -0.25) is 9.36 Å². The minimum absolute atomic E-state index is 0.0475. The molecule has 0 bridgehead atoms. The lowest BCUT2D eigenvalue weighted by Gasteiger charge is -2.10. The van der Waals surface area contributed by atoms with Crippen LogP contribution in [0.25, 0.3) is 20.4 Å². The van der Waals surface area contributed by atoms with Gasteiger partial charge in [0, 0.05) is 18.2 Å². The SMILES string of the molecule is O=c1[nH]c2c(sc3ncccc32)c(=O)n1CC1CCCO1. The van der Waals surface area contributed by atoms with E-state index < -0.39 is 0 Å². The van der Waals surface area contributed by atoms with Crippen LogP contribution in [0.2, 0.25) is 0 Å². The Kier molecular flexibility index (Phi) is 2.90. The monoisotopic (exact) mass is 303 g/mol. The second-order valence-electron chi connectivity index (χ2n) is 5.14. The Morgan fingerprint density at radius 1 is 1.48 bits per heavy atom. The number of fused-ring (bicyclic) bond motifs is 3. The van der Waals surface area contributed by atoms with Crippen LogP contribution in [-0.4, -0.2) is 27.2 Å². The fraction of sp³-hybridized carbons (Fsp3) is 0.357. The largest absolute Gasteiger partial charge is 0.376 e. The summed E-state index contributed by atoms with van der Waals surface area (Å²) in [6.07, 6.45) is 3.50. The average molecular weight is 303 g/mol. The van der Waals surface area contributed by atoms with Crippen LogP contribution >= 0.6 is 11.3 Å². The van der Waals surface area contributed by atoms with Crippen LogP contribution < -0.4 is 11.2 Å². The first-order chi connectivity index (χ1) is 10.2.